The lowest BCUT2D eigenvalue weighted by molar-refractivity contribution is 0.0517. The predicted molar refractivity (Wildman–Crippen MR) is 87.5 cm³/mol. The minimum Gasteiger partial charge on any atom is -0.308 e. The molecule has 1 heterocycles. The molecule has 3 nitrogen and oxygen atoms in total. The quantitative estimate of drug-likeness (QED) is 0.816. The summed E-state index contributed by atoms with van der Waals surface area (Å²) in [7, 11) is -0.695. The molecule has 0 aromatic rings. The summed E-state index contributed by atoms with van der Waals surface area (Å²) in [5.41, 5.74) is 0.306. The van der Waals surface area contributed by atoms with Gasteiger partial charge in [-0.15, -0.1) is 0 Å². The van der Waals surface area contributed by atoms with Crippen molar-refractivity contribution >= 4 is 10.8 Å². The van der Waals surface area contributed by atoms with E-state index in [0.717, 1.165) is 32.0 Å². The molecule has 0 aromatic carbocycles. The van der Waals surface area contributed by atoms with Crippen LogP contribution in [0, 0.1) is 11.8 Å². The molecule has 4 heteroatoms. The molecular formula is C16H32N2OS. The second-order valence-electron chi connectivity index (χ2n) is 7.45. The summed E-state index contributed by atoms with van der Waals surface area (Å²) in [6.45, 7) is 12.5. The summed E-state index contributed by atoms with van der Waals surface area (Å²) in [6.07, 6.45) is 5.65. The summed E-state index contributed by atoms with van der Waals surface area (Å²) in [4.78, 5) is 2.67. The SMILES string of the molecule is CC(C)C1CNC(C)(C2CC2)CN1CCC(C)S(C)=O. The van der Waals surface area contributed by atoms with Crippen LogP contribution >= 0.6 is 0 Å². The fourth-order valence-corrected chi connectivity index (χ4v) is 3.91. The largest absolute Gasteiger partial charge is 0.308 e. The van der Waals surface area contributed by atoms with Gasteiger partial charge in [-0.2, -0.15) is 0 Å². The highest BCUT2D eigenvalue weighted by Crippen LogP contribution is 2.41. The average Bonchev–Trinajstić information content (AvgIpc) is 3.19. The monoisotopic (exact) mass is 300 g/mol. The van der Waals surface area contributed by atoms with Gasteiger partial charge in [-0.3, -0.25) is 9.11 Å². The molecule has 0 spiro atoms. The van der Waals surface area contributed by atoms with Crippen LogP contribution in [0.3, 0.4) is 0 Å². The third-order valence-electron chi connectivity index (χ3n) is 5.35. The molecule has 20 heavy (non-hydrogen) atoms. The van der Waals surface area contributed by atoms with Crippen molar-refractivity contribution in [3.05, 3.63) is 0 Å². The van der Waals surface area contributed by atoms with Gasteiger partial charge in [0.2, 0.25) is 0 Å². The van der Waals surface area contributed by atoms with Gasteiger partial charge in [0.15, 0.2) is 0 Å². The molecule has 1 saturated carbocycles. The van der Waals surface area contributed by atoms with Crippen molar-refractivity contribution < 1.29 is 4.21 Å². The molecular weight excluding hydrogens is 268 g/mol. The first-order chi connectivity index (χ1) is 9.33. The Labute approximate surface area is 127 Å². The van der Waals surface area contributed by atoms with Crippen LogP contribution < -0.4 is 5.32 Å². The van der Waals surface area contributed by atoms with E-state index < -0.39 is 10.8 Å². The average molecular weight is 301 g/mol. The van der Waals surface area contributed by atoms with E-state index in [9.17, 15) is 4.21 Å². The van der Waals surface area contributed by atoms with E-state index >= 15 is 0 Å². The van der Waals surface area contributed by atoms with Gasteiger partial charge in [-0.25, -0.2) is 0 Å². The second kappa shape index (κ2) is 6.45. The molecule has 0 amide bonds. The van der Waals surface area contributed by atoms with Gasteiger partial charge in [0.05, 0.1) is 0 Å². The summed E-state index contributed by atoms with van der Waals surface area (Å²) in [5, 5.41) is 4.14. The normalized spacial score (nSPS) is 35.2. The lowest BCUT2D eigenvalue weighted by Gasteiger charge is -2.48. The predicted octanol–water partition coefficient (Wildman–Crippen LogP) is 2.24. The van der Waals surface area contributed by atoms with Crippen molar-refractivity contribution in [1.82, 2.24) is 10.2 Å². The van der Waals surface area contributed by atoms with Crippen molar-refractivity contribution in [1.29, 1.82) is 0 Å². The van der Waals surface area contributed by atoms with E-state index in [0.29, 0.717) is 22.7 Å². The lowest BCUT2D eigenvalue weighted by atomic mass is 9.88. The molecule has 0 bridgehead atoms. The zero-order valence-electron chi connectivity index (χ0n) is 13.8. The van der Waals surface area contributed by atoms with Crippen molar-refractivity contribution in [2.24, 2.45) is 11.8 Å². The zero-order valence-corrected chi connectivity index (χ0v) is 14.6. The van der Waals surface area contributed by atoms with Gasteiger partial charge in [0.25, 0.3) is 0 Å². The first-order valence-electron chi connectivity index (χ1n) is 8.15. The smallest absolute Gasteiger partial charge is 0.0329 e. The molecule has 0 radical (unpaired) electrons. The van der Waals surface area contributed by atoms with E-state index in [1.165, 1.54) is 12.8 Å². The third-order valence-corrected chi connectivity index (χ3v) is 6.72. The molecule has 1 saturated heterocycles. The maximum atomic E-state index is 11.6. The number of piperazine rings is 1. The van der Waals surface area contributed by atoms with Crippen molar-refractivity contribution in [2.75, 3.05) is 25.9 Å². The number of rotatable bonds is 6. The van der Waals surface area contributed by atoms with Crippen LogP contribution in [-0.4, -0.2) is 51.8 Å². The van der Waals surface area contributed by atoms with Gasteiger partial charge < -0.3 is 5.32 Å². The molecule has 118 valence electrons. The second-order valence-corrected chi connectivity index (χ2v) is 9.25. The van der Waals surface area contributed by atoms with Crippen molar-refractivity contribution in [3.8, 4) is 0 Å². The fraction of sp³-hybridized carbons (Fsp3) is 1.00. The van der Waals surface area contributed by atoms with Crippen molar-refractivity contribution in [2.45, 2.75) is 63.8 Å². The Kier molecular flexibility index (Phi) is 5.30. The van der Waals surface area contributed by atoms with Crippen LogP contribution in [-0.2, 0) is 10.8 Å². The van der Waals surface area contributed by atoms with Gasteiger partial charge in [-0.1, -0.05) is 20.8 Å². The van der Waals surface area contributed by atoms with Crippen LogP contribution in [0.15, 0.2) is 0 Å². The summed E-state index contributed by atoms with van der Waals surface area (Å²) in [5.74, 6) is 1.55. The molecule has 1 N–H and O–H groups in total. The molecule has 2 rings (SSSR count). The van der Waals surface area contributed by atoms with E-state index in [1.54, 1.807) is 0 Å². The summed E-state index contributed by atoms with van der Waals surface area (Å²) >= 11 is 0. The molecule has 4 unspecified atom stereocenters. The van der Waals surface area contributed by atoms with Crippen LogP contribution in [0.5, 0.6) is 0 Å². The number of nitrogens with zero attached hydrogens (tertiary/aromatic N) is 1. The summed E-state index contributed by atoms with van der Waals surface area (Å²) < 4.78 is 11.6. The maximum absolute atomic E-state index is 11.6. The minimum absolute atomic E-state index is 0.306. The Hall–Kier alpha value is 0.0700. The molecule has 2 aliphatic rings. The first kappa shape index (κ1) is 16.4. The van der Waals surface area contributed by atoms with Gasteiger partial charge >= 0.3 is 0 Å². The highest BCUT2D eigenvalue weighted by molar-refractivity contribution is 7.84. The molecule has 4 atom stereocenters. The van der Waals surface area contributed by atoms with Crippen LogP contribution in [0.1, 0.15) is 47.0 Å². The zero-order chi connectivity index (χ0) is 14.9. The number of nitrogens with one attached hydrogen (secondary N) is 1. The highest BCUT2D eigenvalue weighted by Gasteiger charge is 2.46. The molecule has 2 fully saturated rings. The first-order valence-corrected chi connectivity index (χ1v) is 9.77. The molecule has 1 aliphatic heterocycles. The van der Waals surface area contributed by atoms with E-state index in [-0.39, 0.29) is 0 Å². The Morgan fingerprint density at radius 2 is 2.00 bits per heavy atom. The maximum Gasteiger partial charge on any atom is 0.0329 e. The fourth-order valence-electron chi connectivity index (χ4n) is 3.47. The molecule has 1 aliphatic carbocycles. The minimum atomic E-state index is -0.695. The third kappa shape index (κ3) is 3.83. The highest BCUT2D eigenvalue weighted by atomic mass is 32.2. The standard InChI is InChI=1S/C16H32N2OS/c1-12(2)15-10-17-16(4,14-6-7-14)11-18(15)9-8-13(3)20(5)19/h12-15,17H,6-11H2,1-5H3. The Morgan fingerprint density at radius 3 is 2.50 bits per heavy atom. The molecule has 0 aromatic heterocycles. The Bertz CT molecular complexity index is 356. The van der Waals surface area contributed by atoms with Crippen molar-refractivity contribution in [3.63, 3.8) is 0 Å². The number of hydrogen-bond acceptors (Lipinski definition) is 3. The van der Waals surface area contributed by atoms with Gasteiger partial charge in [-0.05, 0) is 44.6 Å². The van der Waals surface area contributed by atoms with E-state index in [2.05, 4.69) is 37.9 Å². The Balaban J connectivity index is 1.97. The topological polar surface area (TPSA) is 32.3 Å². The van der Waals surface area contributed by atoms with Gasteiger partial charge in [0, 0.05) is 47.0 Å². The van der Waals surface area contributed by atoms with Crippen LogP contribution in [0.25, 0.3) is 0 Å². The lowest BCUT2D eigenvalue weighted by Crippen LogP contribution is -2.65. The van der Waals surface area contributed by atoms with E-state index in [1.807, 2.05) is 6.26 Å². The number of hydrogen-bond donors (Lipinski definition) is 1. The van der Waals surface area contributed by atoms with E-state index in [4.69, 9.17) is 0 Å². The van der Waals surface area contributed by atoms with Gasteiger partial charge in [0.1, 0.15) is 0 Å². The summed E-state index contributed by atoms with van der Waals surface area (Å²) in [6, 6.07) is 0.624. The Morgan fingerprint density at radius 1 is 1.35 bits per heavy atom. The van der Waals surface area contributed by atoms with Crippen LogP contribution in [0.4, 0.5) is 0 Å². The van der Waals surface area contributed by atoms with Crippen LogP contribution in [0.2, 0.25) is 0 Å².